The third kappa shape index (κ3) is 3.23. The van der Waals surface area contributed by atoms with Crippen LogP contribution in [0.15, 0.2) is 29.1 Å². The van der Waals surface area contributed by atoms with Gasteiger partial charge < -0.3 is 0 Å². The topological polar surface area (TPSA) is 130 Å². The Morgan fingerprint density at radius 2 is 1.69 bits per heavy atom. The lowest BCUT2D eigenvalue weighted by Gasteiger charge is -2.08. The van der Waals surface area contributed by atoms with E-state index < -0.39 is 17.4 Å². The average molecular weight is 408 g/mol. The Labute approximate surface area is 168 Å². The van der Waals surface area contributed by atoms with Gasteiger partial charge in [-0.25, -0.2) is 15.1 Å². The summed E-state index contributed by atoms with van der Waals surface area (Å²) in [7, 11) is 0. The Morgan fingerprint density at radius 1 is 1.00 bits per heavy atom. The van der Waals surface area contributed by atoms with Crippen LogP contribution in [0.25, 0.3) is 21.0 Å². The number of benzene rings is 1. The number of fused-ring (bicyclic) bond motifs is 2. The monoisotopic (exact) mass is 408 g/mol. The number of hydrogen-bond donors (Lipinski definition) is 3. The largest absolute Gasteiger partial charge is 0.290 e. The fourth-order valence-electron chi connectivity index (χ4n) is 3.21. The summed E-state index contributed by atoms with van der Waals surface area (Å²) in [6.45, 7) is 5.48. The molecule has 146 valence electrons. The summed E-state index contributed by atoms with van der Waals surface area (Å²) < 4.78 is 0. The van der Waals surface area contributed by atoms with Crippen LogP contribution in [0, 0.1) is 20.8 Å². The van der Waals surface area contributed by atoms with Gasteiger partial charge in [-0.1, -0.05) is 18.2 Å². The van der Waals surface area contributed by atoms with Crippen LogP contribution in [0.4, 0.5) is 0 Å². The van der Waals surface area contributed by atoms with E-state index in [1.165, 1.54) is 11.3 Å². The quantitative estimate of drug-likeness (QED) is 0.435. The van der Waals surface area contributed by atoms with Gasteiger partial charge in [0.2, 0.25) is 0 Å². The Bertz CT molecular complexity index is 1360. The minimum Gasteiger partial charge on any atom is -0.267 e. The van der Waals surface area contributed by atoms with E-state index in [0.717, 1.165) is 21.5 Å². The van der Waals surface area contributed by atoms with E-state index in [1.807, 2.05) is 13.8 Å². The highest BCUT2D eigenvalue weighted by Crippen LogP contribution is 2.31. The standard InChI is InChI=1S/C19H16N6O3S/c1-8-13-9(2)20-10(3)21-19(13)29-15(8)18(28)25-24-17(27)14-11-6-4-5-7-12(11)16(26)23-22-14/h4-7H,1-3H3,(H,23,26)(H,24,27)(H,25,28). The predicted octanol–water partition coefficient (Wildman–Crippen LogP) is 1.93. The van der Waals surface area contributed by atoms with Gasteiger partial charge in [-0.15, -0.1) is 11.3 Å². The van der Waals surface area contributed by atoms with Crippen molar-refractivity contribution >= 4 is 44.1 Å². The SMILES string of the molecule is Cc1nc(C)c2c(C)c(C(=O)NNC(=O)c3n[nH]c(=O)c4ccccc34)sc2n1. The molecule has 0 unspecified atom stereocenters. The number of nitrogens with one attached hydrogen (secondary N) is 3. The molecule has 4 aromatic rings. The molecular formula is C19H16N6O3S. The molecule has 10 heteroatoms. The number of rotatable bonds is 2. The second kappa shape index (κ2) is 7.06. The van der Waals surface area contributed by atoms with Crippen LogP contribution < -0.4 is 16.4 Å². The van der Waals surface area contributed by atoms with Crippen molar-refractivity contribution in [2.45, 2.75) is 20.8 Å². The molecule has 3 N–H and O–H groups in total. The third-order valence-corrected chi connectivity index (χ3v) is 5.67. The van der Waals surface area contributed by atoms with E-state index in [-0.39, 0.29) is 5.69 Å². The van der Waals surface area contributed by atoms with E-state index >= 15 is 0 Å². The maximum Gasteiger partial charge on any atom is 0.290 e. The van der Waals surface area contributed by atoms with E-state index in [0.29, 0.717) is 21.5 Å². The first-order valence-corrected chi connectivity index (χ1v) is 9.51. The molecule has 0 bridgehead atoms. The van der Waals surface area contributed by atoms with Crippen LogP contribution in [-0.4, -0.2) is 32.0 Å². The Hall–Kier alpha value is -3.66. The van der Waals surface area contributed by atoms with Crippen molar-refractivity contribution in [1.29, 1.82) is 0 Å². The van der Waals surface area contributed by atoms with Crippen LogP contribution in [0.2, 0.25) is 0 Å². The van der Waals surface area contributed by atoms with Gasteiger partial charge >= 0.3 is 0 Å². The molecule has 4 rings (SSSR count). The molecular weight excluding hydrogens is 392 g/mol. The molecule has 0 spiro atoms. The smallest absolute Gasteiger partial charge is 0.267 e. The second-order valence-electron chi connectivity index (χ2n) is 6.45. The van der Waals surface area contributed by atoms with Gasteiger partial charge in [-0.3, -0.25) is 25.2 Å². The number of H-pyrrole nitrogens is 1. The first kappa shape index (κ1) is 18.7. The van der Waals surface area contributed by atoms with Crippen LogP contribution in [0.5, 0.6) is 0 Å². The summed E-state index contributed by atoms with van der Waals surface area (Å²) >= 11 is 1.23. The summed E-state index contributed by atoms with van der Waals surface area (Å²) in [5.74, 6) is -0.478. The third-order valence-electron chi connectivity index (χ3n) is 4.49. The molecule has 9 nitrogen and oxygen atoms in total. The highest BCUT2D eigenvalue weighted by Gasteiger charge is 2.20. The lowest BCUT2D eigenvalue weighted by Crippen LogP contribution is -2.42. The van der Waals surface area contributed by atoms with Gasteiger partial charge in [0.05, 0.1) is 10.3 Å². The van der Waals surface area contributed by atoms with Crippen molar-refractivity contribution in [3.8, 4) is 0 Å². The summed E-state index contributed by atoms with van der Waals surface area (Å²) in [6, 6.07) is 6.61. The summed E-state index contributed by atoms with van der Waals surface area (Å²) in [5.41, 5.74) is 5.92. The zero-order chi connectivity index (χ0) is 20.7. The van der Waals surface area contributed by atoms with Crippen LogP contribution in [0.3, 0.4) is 0 Å². The number of amides is 2. The fraction of sp³-hybridized carbons (Fsp3) is 0.158. The van der Waals surface area contributed by atoms with Gasteiger partial charge in [-0.05, 0) is 32.4 Å². The van der Waals surface area contributed by atoms with Crippen molar-refractivity contribution in [1.82, 2.24) is 31.0 Å². The predicted molar refractivity (Wildman–Crippen MR) is 109 cm³/mol. The first-order valence-electron chi connectivity index (χ1n) is 8.69. The molecule has 29 heavy (non-hydrogen) atoms. The lowest BCUT2D eigenvalue weighted by molar-refractivity contribution is 0.0846. The summed E-state index contributed by atoms with van der Waals surface area (Å²) in [6.07, 6.45) is 0. The molecule has 0 radical (unpaired) electrons. The summed E-state index contributed by atoms with van der Waals surface area (Å²) in [5, 5.41) is 7.67. The fourth-order valence-corrected chi connectivity index (χ4v) is 4.38. The number of aryl methyl sites for hydroxylation is 3. The van der Waals surface area contributed by atoms with Gasteiger partial charge in [0.15, 0.2) is 5.69 Å². The van der Waals surface area contributed by atoms with E-state index in [4.69, 9.17) is 0 Å². The molecule has 0 aliphatic carbocycles. The molecule has 0 atom stereocenters. The highest BCUT2D eigenvalue weighted by molar-refractivity contribution is 7.20. The van der Waals surface area contributed by atoms with Crippen LogP contribution in [-0.2, 0) is 0 Å². The van der Waals surface area contributed by atoms with Gasteiger partial charge in [0.1, 0.15) is 10.7 Å². The van der Waals surface area contributed by atoms with Crippen LogP contribution >= 0.6 is 11.3 Å². The number of hydrazine groups is 1. The zero-order valence-corrected chi connectivity index (χ0v) is 16.6. The maximum absolute atomic E-state index is 12.6. The summed E-state index contributed by atoms with van der Waals surface area (Å²) in [4.78, 5) is 46.9. The van der Waals surface area contributed by atoms with Gasteiger partial charge in [0.25, 0.3) is 17.4 Å². The van der Waals surface area contributed by atoms with Crippen molar-refractivity contribution in [3.63, 3.8) is 0 Å². The number of carbonyl (C=O) groups excluding carboxylic acids is 2. The molecule has 0 saturated heterocycles. The molecule has 2 amide bonds. The minimum atomic E-state index is -0.642. The van der Waals surface area contributed by atoms with Crippen molar-refractivity contribution in [2.75, 3.05) is 0 Å². The van der Waals surface area contributed by atoms with Gasteiger partial charge in [0, 0.05) is 16.5 Å². The van der Waals surface area contributed by atoms with Gasteiger partial charge in [-0.2, -0.15) is 5.10 Å². The van der Waals surface area contributed by atoms with E-state index in [9.17, 15) is 14.4 Å². The first-order chi connectivity index (χ1) is 13.9. The molecule has 1 aromatic carbocycles. The lowest BCUT2D eigenvalue weighted by atomic mass is 10.1. The highest BCUT2D eigenvalue weighted by atomic mass is 32.1. The number of aromatic nitrogens is 4. The molecule has 0 aliphatic rings. The number of thiophene rings is 1. The van der Waals surface area contributed by atoms with E-state index in [2.05, 4.69) is 31.0 Å². The Morgan fingerprint density at radius 3 is 2.45 bits per heavy atom. The molecule has 3 heterocycles. The zero-order valence-electron chi connectivity index (χ0n) is 15.8. The minimum absolute atomic E-state index is 0.00546. The Kier molecular flexibility index (Phi) is 4.55. The number of nitrogens with zero attached hydrogens (tertiary/aromatic N) is 3. The Balaban J connectivity index is 1.59. The maximum atomic E-state index is 12.6. The number of aromatic amines is 1. The normalized spacial score (nSPS) is 11.0. The van der Waals surface area contributed by atoms with Crippen LogP contribution in [0.1, 0.15) is 37.2 Å². The number of hydrogen-bond acceptors (Lipinski definition) is 7. The van der Waals surface area contributed by atoms with E-state index in [1.54, 1.807) is 31.2 Å². The molecule has 3 aromatic heterocycles. The van der Waals surface area contributed by atoms with Crippen molar-refractivity contribution in [3.05, 3.63) is 62.3 Å². The second-order valence-corrected chi connectivity index (χ2v) is 7.45. The molecule has 0 fully saturated rings. The number of carbonyl (C=O) groups is 2. The van der Waals surface area contributed by atoms with Crippen molar-refractivity contribution in [2.24, 2.45) is 0 Å². The molecule has 0 aliphatic heterocycles. The average Bonchev–Trinajstić information content (AvgIpc) is 3.03. The van der Waals surface area contributed by atoms with Crippen molar-refractivity contribution < 1.29 is 9.59 Å². The molecule has 0 saturated carbocycles.